The van der Waals surface area contributed by atoms with Gasteiger partial charge in [-0.25, -0.2) is 0 Å². The first-order chi connectivity index (χ1) is 14.1. The number of phenols is 1. The zero-order chi connectivity index (χ0) is 20.0. The predicted molar refractivity (Wildman–Crippen MR) is 113 cm³/mol. The Labute approximate surface area is 168 Å². The zero-order valence-corrected chi connectivity index (χ0v) is 16.2. The molecule has 5 rings (SSSR count). The summed E-state index contributed by atoms with van der Waals surface area (Å²) in [6.45, 7) is 1.14. The van der Waals surface area contributed by atoms with Crippen molar-refractivity contribution >= 4 is 16.7 Å². The Morgan fingerprint density at radius 3 is 2.69 bits per heavy atom. The minimum atomic E-state index is 0.0252. The van der Waals surface area contributed by atoms with E-state index in [9.17, 15) is 9.90 Å². The van der Waals surface area contributed by atoms with E-state index in [0.29, 0.717) is 30.8 Å². The van der Waals surface area contributed by atoms with Gasteiger partial charge in [-0.2, -0.15) is 5.10 Å². The summed E-state index contributed by atoms with van der Waals surface area (Å²) in [5, 5.41) is 16.4. The summed E-state index contributed by atoms with van der Waals surface area (Å²) in [6.07, 6.45) is 4.52. The third-order valence-electron chi connectivity index (χ3n) is 5.65. The summed E-state index contributed by atoms with van der Waals surface area (Å²) in [5.41, 5.74) is 4.85. The highest BCUT2D eigenvalue weighted by molar-refractivity contribution is 5.99. The topological polar surface area (TPSA) is 58.4 Å². The van der Waals surface area contributed by atoms with Crippen LogP contribution in [0.1, 0.15) is 21.5 Å². The molecule has 0 fully saturated rings. The molecule has 0 saturated carbocycles. The number of rotatable bonds is 2. The number of fused-ring (bicyclic) bond motifs is 2. The highest BCUT2D eigenvalue weighted by Crippen LogP contribution is 2.29. The monoisotopic (exact) mass is 383 g/mol. The first-order valence-corrected chi connectivity index (χ1v) is 9.70. The van der Waals surface area contributed by atoms with Crippen LogP contribution < -0.4 is 0 Å². The van der Waals surface area contributed by atoms with Gasteiger partial charge in [-0.05, 0) is 52.6 Å². The van der Waals surface area contributed by atoms with Crippen LogP contribution in [-0.4, -0.2) is 32.2 Å². The van der Waals surface area contributed by atoms with E-state index in [1.54, 1.807) is 10.7 Å². The molecule has 1 N–H and O–H groups in total. The largest absolute Gasteiger partial charge is 0.508 e. The molecule has 0 saturated heterocycles. The molecule has 2 heterocycles. The summed E-state index contributed by atoms with van der Waals surface area (Å²) < 4.78 is 1.79. The van der Waals surface area contributed by atoms with Gasteiger partial charge in [-0.3, -0.25) is 9.48 Å². The second-order valence-electron chi connectivity index (χ2n) is 7.57. The zero-order valence-electron chi connectivity index (χ0n) is 16.2. The molecule has 5 nitrogen and oxygen atoms in total. The predicted octanol–water partition coefficient (Wildman–Crippen LogP) is 4.14. The van der Waals surface area contributed by atoms with Gasteiger partial charge >= 0.3 is 0 Å². The van der Waals surface area contributed by atoms with E-state index in [4.69, 9.17) is 0 Å². The number of carbonyl (C=O) groups is 1. The number of phenolic OH excluding ortho intramolecular Hbond substituents is 1. The van der Waals surface area contributed by atoms with Crippen LogP contribution in [0.5, 0.6) is 5.75 Å². The maximum Gasteiger partial charge on any atom is 0.254 e. The molecular weight excluding hydrogens is 362 g/mol. The summed E-state index contributed by atoms with van der Waals surface area (Å²) >= 11 is 0. The lowest BCUT2D eigenvalue weighted by Crippen LogP contribution is -2.35. The van der Waals surface area contributed by atoms with E-state index >= 15 is 0 Å². The van der Waals surface area contributed by atoms with Gasteiger partial charge in [0.1, 0.15) is 5.75 Å². The normalized spacial score (nSPS) is 13.5. The van der Waals surface area contributed by atoms with Crippen molar-refractivity contribution in [3.63, 3.8) is 0 Å². The summed E-state index contributed by atoms with van der Waals surface area (Å²) in [7, 11) is 1.91. The van der Waals surface area contributed by atoms with Crippen molar-refractivity contribution in [2.45, 2.75) is 13.0 Å². The van der Waals surface area contributed by atoms with Gasteiger partial charge in [0, 0.05) is 43.0 Å². The summed E-state index contributed by atoms with van der Waals surface area (Å²) in [4.78, 5) is 14.9. The second-order valence-corrected chi connectivity index (χ2v) is 7.57. The van der Waals surface area contributed by atoms with Crippen LogP contribution in [-0.2, 0) is 20.0 Å². The van der Waals surface area contributed by atoms with Crippen molar-refractivity contribution in [1.29, 1.82) is 0 Å². The fourth-order valence-electron chi connectivity index (χ4n) is 4.07. The lowest BCUT2D eigenvalue weighted by Gasteiger charge is -2.29. The molecule has 3 aromatic carbocycles. The van der Waals surface area contributed by atoms with Gasteiger partial charge in [0.25, 0.3) is 5.91 Å². The average molecular weight is 383 g/mol. The minimum absolute atomic E-state index is 0.0252. The van der Waals surface area contributed by atoms with Gasteiger partial charge in [-0.1, -0.05) is 30.3 Å². The number of aryl methyl sites for hydroxylation is 1. The van der Waals surface area contributed by atoms with Crippen LogP contribution in [0.2, 0.25) is 0 Å². The standard InChI is InChI=1S/C24H21N3O2/c1-26-14-21(13-25-26)18-6-5-17-12-19(8-7-16(17)11-18)24(29)27-10-9-22-20(15-27)3-2-4-23(22)28/h2-8,11-14,28H,9-10,15H2,1H3. The molecule has 1 aliphatic heterocycles. The third-order valence-corrected chi connectivity index (χ3v) is 5.65. The highest BCUT2D eigenvalue weighted by atomic mass is 16.3. The van der Waals surface area contributed by atoms with Crippen molar-refractivity contribution in [2.75, 3.05) is 6.54 Å². The molecule has 29 heavy (non-hydrogen) atoms. The Bertz CT molecular complexity index is 1240. The first kappa shape index (κ1) is 17.5. The van der Waals surface area contributed by atoms with Crippen LogP contribution in [0, 0.1) is 0 Å². The number of nitrogens with zero attached hydrogens (tertiary/aromatic N) is 3. The molecule has 0 radical (unpaired) electrons. The van der Waals surface area contributed by atoms with Crippen molar-refractivity contribution < 1.29 is 9.90 Å². The van der Waals surface area contributed by atoms with Gasteiger partial charge in [0.05, 0.1) is 6.20 Å². The molecule has 5 heteroatoms. The van der Waals surface area contributed by atoms with Crippen molar-refractivity contribution in [1.82, 2.24) is 14.7 Å². The molecule has 0 atom stereocenters. The maximum absolute atomic E-state index is 13.1. The molecule has 1 amide bonds. The van der Waals surface area contributed by atoms with Crippen molar-refractivity contribution in [3.05, 3.63) is 83.7 Å². The Morgan fingerprint density at radius 1 is 1.03 bits per heavy atom. The van der Waals surface area contributed by atoms with E-state index < -0.39 is 0 Å². The Kier molecular flexibility index (Phi) is 4.09. The molecule has 4 aromatic rings. The van der Waals surface area contributed by atoms with Crippen LogP contribution in [0.4, 0.5) is 0 Å². The van der Waals surface area contributed by atoms with Crippen molar-refractivity contribution in [2.24, 2.45) is 7.05 Å². The molecule has 1 aliphatic rings. The Balaban J connectivity index is 1.42. The lowest BCUT2D eigenvalue weighted by molar-refractivity contribution is 0.0734. The molecule has 0 aliphatic carbocycles. The molecule has 144 valence electrons. The average Bonchev–Trinajstić information content (AvgIpc) is 3.18. The first-order valence-electron chi connectivity index (χ1n) is 9.70. The Hall–Kier alpha value is -3.60. The van der Waals surface area contributed by atoms with Gasteiger partial charge in [0.2, 0.25) is 0 Å². The Morgan fingerprint density at radius 2 is 1.86 bits per heavy atom. The summed E-state index contributed by atoms with van der Waals surface area (Å²) in [6, 6.07) is 17.6. The fourth-order valence-corrected chi connectivity index (χ4v) is 4.07. The molecular formula is C24H21N3O2. The summed E-state index contributed by atoms with van der Waals surface area (Å²) in [5.74, 6) is 0.349. The SMILES string of the molecule is Cn1cc(-c2ccc3cc(C(=O)N4CCc5c(O)cccc5C4)ccc3c2)cn1. The molecule has 0 spiro atoms. The van der Waals surface area contributed by atoms with E-state index in [1.807, 2.05) is 54.7 Å². The smallest absolute Gasteiger partial charge is 0.254 e. The quantitative estimate of drug-likeness (QED) is 0.566. The van der Waals surface area contributed by atoms with E-state index in [1.165, 1.54) is 0 Å². The number of aromatic hydroxyl groups is 1. The van der Waals surface area contributed by atoms with Gasteiger partial charge in [0.15, 0.2) is 0 Å². The van der Waals surface area contributed by atoms with Crippen LogP contribution in [0.3, 0.4) is 0 Å². The number of amides is 1. The number of benzene rings is 3. The van der Waals surface area contributed by atoms with Gasteiger partial charge < -0.3 is 10.0 Å². The van der Waals surface area contributed by atoms with Crippen LogP contribution >= 0.6 is 0 Å². The number of carbonyl (C=O) groups excluding carboxylic acids is 1. The highest BCUT2D eigenvalue weighted by Gasteiger charge is 2.23. The lowest BCUT2D eigenvalue weighted by atomic mass is 9.97. The number of aromatic nitrogens is 2. The third kappa shape index (κ3) is 3.14. The fraction of sp³-hybridized carbons (Fsp3) is 0.167. The van der Waals surface area contributed by atoms with Crippen molar-refractivity contribution in [3.8, 4) is 16.9 Å². The number of hydrogen-bond donors (Lipinski definition) is 1. The van der Waals surface area contributed by atoms with Gasteiger partial charge in [-0.15, -0.1) is 0 Å². The second kappa shape index (κ2) is 6.78. The molecule has 0 unspecified atom stereocenters. The molecule has 1 aromatic heterocycles. The molecule has 0 bridgehead atoms. The van der Waals surface area contributed by atoms with E-state index in [0.717, 1.165) is 33.0 Å². The van der Waals surface area contributed by atoms with E-state index in [-0.39, 0.29) is 5.91 Å². The van der Waals surface area contributed by atoms with E-state index in [2.05, 4.69) is 23.3 Å². The van der Waals surface area contributed by atoms with Crippen LogP contribution in [0.15, 0.2) is 67.0 Å². The maximum atomic E-state index is 13.1. The van der Waals surface area contributed by atoms with Crippen LogP contribution in [0.25, 0.3) is 21.9 Å². The number of hydrogen-bond acceptors (Lipinski definition) is 3. The minimum Gasteiger partial charge on any atom is -0.508 e.